The Morgan fingerprint density at radius 2 is 2.16 bits per heavy atom. The third-order valence-electron chi connectivity index (χ3n) is 3.25. The first-order valence-electron chi connectivity index (χ1n) is 6.16. The van der Waals surface area contributed by atoms with Crippen molar-refractivity contribution < 1.29 is 9.13 Å². The standard InChI is InChI=1S/C14H12ClFN2O/c15-14-17-8-11(16)13(18-14)19-12-7-3-5-9-4-1-2-6-10(9)12/h1-2,4,6,8,12H,3,5,7H2. The fraction of sp³-hybridized carbons (Fsp3) is 0.286. The quantitative estimate of drug-likeness (QED) is 0.785. The van der Waals surface area contributed by atoms with Gasteiger partial charge in [-0.1, -0.05) is 24.3 Å². The molecule has 3 rings (SSSR count). The molecule has 0 fully saturated rings. The normalized spacial score (nSPS) is 17.9. The summed E-state index contributed by atoms with van der Waals surface area (Å²) in [6.45, 7) is 0. The van der Waals surface area contributed by atoms with Crippen LogP contribution in [-0.4, -0.2) is 9.97 Å². The minimum Gasteiger partial charge on any atom is -0.467 e. The molecule has 1 aliphatic carbocycles. The lowest BCUT2D eigenvalue weighted by molar-refractivity contribution is 0.167. The lowest BCUT2D eigenvalue weighted by atomic mass is 9.89. The summed E-state index contributed by atoms with van der Waals surface area (Å²) in [6, 6.07) is 8.06. The van der Waals surface area contributed by atoms with E-state index < -0.39 is 5.82 Å². The molecule has 1 aromatic carbocycles. The van der Waals surface area contributed by atoms with Gasteiger partial charge in [0.1, 0.15) is 6.10 Å². The fourth-order valence-corrected chi connectivity index (χ4v) is 2.51. The summed E-state index contributed by atoms with van der Waals surface area (Å²) in [6.07, 6.45) is 3.74. The lowest BCUT2D eigenvalue weighted by Gasteiger charge is -2.25. The molecule has 0 saturated heterocycles. The zero-order valence-corrected chi connectivity index (χ0v) is 10.9. The van der Waals surface area contributed by atoms with Crippen LogP contribution in [0.2, 0.25) is 5.28 Å². The van der Waals surface area contributed by atoms with Crippen LogP contribution in [0.4, 0.5) is 4.39 Å². The van der Waals surface area contributed by atoms with Crippen molar-refractivity contribution in [3.05, 3.63) is 52.7 Å². The van der Waals surface area contributed by atoms with Gasteiger partial charge < -0.3 is 4.74 Å². The Balaban J connectivity index is 1.90. The Hall–Kier alpha value is -1.68. The maximum absolute atomic E-state index is 13.6. The van der Waals surface area contributed by atoms with Gasteiger partial charge in [-0.25, -0.2) is 4.98 Å². The van der Waals surface area contributed by atoms with Crippen molar-refractivity contribution in [3.63, 3.8) is 0 Å². The van der Waals surface area contributed by atoms with E-state index in [2.05, 4.69) is 16.0 Å². The number of aryl methyl sites for hydroxylation is 1. The summed E-state index contributed by atoms with van der Waals surface area (Å²) in [5, 5.41) is -0.0134. The van der Waals surface area contributed by atoms with Gasteiger partial charge in [0.2, 0.25) is 11.1 Å². The first-order chi connectivity index (χ1) is 9.24. The minimum absolute atomic E-state index is 0.0134. The zero-order valence-electron chi connectivity index (χ0n) is 10.1. The molecule has 0 radical (unpaired) electrons. The van der Waals surface area contributed by atoms with E-state index in [0.29, 0.717) is 0 Å². The highest BCUT2D eigenvalue weighted by Crippen LogP contribution is 2.33. The summed E-state index contributed by atoms with van der Waals surface area (Å²) in [7, 11) is 0. The van der Waals surface area contributed by atoms with E-state index in [1.54, 1.807) is 0 Å². The van der Waals surface area contributed by atoms with Gasteiger partial charge in [0, 0.05) is 0 Å². The third-order valence-corrected chi connectivity index (χ3v) is 3.43. The molecule has 3 nitrogen and oxygen atoms in total. The molecule has 0 amide bonds. The molecule has 98 valence electrons. The molecule has 1 heterocycles. The van der Waals surface area contributed by atoms with Crippen LogP contribution < -0.4 is 4.74 Å². The molecule has 1 aliphatic rings. The molecule has 1 aromatic heterocycles. The van der Waals surface area contributed by atoms with Crippen molar-refractivity contribution in [3.8, 4) is 5.88 Å². The van der Waals surface area contributed by atoms with Crippen LogP contribution in [0.3, 0.4) is 0 Å². The number of halogens is 2. The molecule has 19 heavy (non-hydrogen) atoms. The Labute approximate surface area is 115 Å². The monoisotopic (exact) mass is 278 g/mol. The SMILES string of the molecule is Fc1cnc(Cl)nc1OC1CCCc2ccccc21. The second kappa shape index (κ2) is 5.13. The Kier molecular flexibility index (Phi) is 3.34. The van der Waals surface area contributed by atoms with Crippen molar-refractivity contribution >= 4 is 11.6 Å². The number of hydrogen-bond acceptors (Lipinski definition) is 3. The van der Waals surface area contributed by atoms with E-state index >= 15 is 0 Å². The number of ether oxygens (including phenoxy) is 1. The van der Waals surface area contributed by atoms with Crippen molar-refractivity contribution in [2.75, 3.05) is 0 Å². The highest BCUT2D eigenvalue weighted by molar-refractivity contribution is 6.28. The van der Waals surface area contributed by atoms with Gasteiger partial charge in [0.25, 0.3) is 5.88 Å². The van der Waals surface area contributed by atoms with Crippen LogP contribution in [0.15, 0.2) is 30.5 Å². The highest BCUT2D eigenvalue weighted by atomic mass is 35.5. The molecule has 0 spiro atoms. The van der Waals surface area contributed by atoms with Crippen molar-refractivity contribution in [1.29, 1.82) is 0 Å². The second-order valence-electron chi connectivity index (χ2n) is 4.49. The molecule has 2 aromatic rings. The average Bonchev–Trinajstić information content (AvgIpc) is 2.43. The molecular formula is C14H12ClFN2O. The van der Waals surface area contributed by atoms with Crippen molar-refractivity contribution in [2.24, 2.45) is 0 Å². The van der Waals surface area contributed by atoms with E-state index in [-0.39, 0.29) is 17.3 Å². The molecule has 0 saturated carbocycles. The smallest absolute Gasteiger partial charge is 0.255 e. The van der Waals surface area contributed by atoms with Crippen LogP contribution in [0.5, 0.6) is 5.88 Å². The maximum Gasteiger partial charge on any atom is 0.255 e. The first kappa shape index (κ1) is 12.4. The number of aromatic nitrogens is 2. The molecule has 0 aliphatic heterocycles. The van der Waals surface area contributed by atoms with Crippen LogP contribution in [0.25, 0.3) is 0 Å². The number of hydrogen-bond donors (Lipinski definition) is 0. The third kappa shape index (κ3) is 2.54. The predicted molar refractivity (Wildman–Crippen MR) is 69.7 cm³/mol. The molecule has 0 N–H and O–H groups in total. The van der Waals surface area contributed by atoms with Crippen LogP contribution in [0.1, 0.15) is 30.1 Å². The average molecular weight is 279 g/mol. The summed E-state index contributed by atoms with van der Waals surface area (Å²) >= 11 is 5.67. The van der Waals surface area contributed by atoms with E-state index in [9.17, 15) is 4.39 Å². The van der Waals surface area contributed by atoms with Gasteiger partial charge in [-0.2, -0.15) is 9.37 Å². The number of rotatable bonds is 2. The second-order valence-corrected chi connectivity index (χ2v) is 4.83. The van der Waals surface area contributed by atoms with E-state index in [0.717, 1.165) is 31.0 Å². The summed E-state index contributed by atoms with van der Waals surface area (Å²) in [4.78, 5) is 7.37. The van der Waals surface area contributed by atoms with Gasteiger partial charge >= 0.3 is 0 Å². The number of fused-ring (bicyclic) bond motifs is 1. The van der Waals surface area contributed by atoms with E-state index in [1.165, 1.54) is 5.56 Å². The molecule has 5 heteroatoms. The van der Waals surface area contributed by atoms with Crippen LogP contribution in [-0.2, 0) is 6.42 Å². The van der Waals surface area contributed by atoms with Gasteiger partial charge in [-0.15, -0.1) is 0 Å². The minimum atomic E-state index is -0.590. The summed E-state index contributed by atoms with van der Waals surface area (Å²) < 4.78 is 19.3. The Morgan fingerprint density at radius 1 is 1.32 bits per heavy atom. The highest BCUT2D eigenvalue weighted by Gasteiger charge is 2.23. The van der Waals surface area contributed by atoms with E-state index in [1.807, 2.05) is 18.2 Å². The van der Waals surface area contributed by atoms with Crippen LogP contribution in [0, 0.1) is 5.82 Å². The maximum atomic E-state index is 13.6. The largest absolute Gasteiger partial charge is 0.467 e. The van der Waals surface area contributed by atoms with Crippen molar-refractivity contribution in [2.45, 2.75) is 25.4 Å². The topological polar surface area (TPSA) is 35.0 Å². The number of benzene rings is 1. The summed E-state index contributed by atoms with van der Waals surface area (Å²) in [5.41, 5.74) is 2.35. The Morgan fingerprint density at radius 3 is 3.05 bits per heavy atom. The lowest BCUT2D eigenvalue weighted by Crippen LogP contribution is -2.16. The Bertz CT molecular complexity index is 606. The van der Waals surface area contributed by atoms with Gasteiger partial charge in [-0.3, -0.25) is 0 Å². The zero-order chi connectivity index (χ0) is 13.2. The number of nitrogens with zero attached hydrogens (tertiary/aromatic N) is 2. The molecule has 1 atom stereocenters. The summed E-state index contributed by atoms with van der Waals surface area (Å²) in [5.74, 6) is -0.672. The molecular weight excluding hydrogens is 267 g/mol. The van der Waals surface area contributed by atoms with Crippen LogP contribution >= 0.6 is 11.6 Å². The molecule has 1 unspecified atom stereocenters. The van der Waals surface area contributed by atoms with Gasteiger partial charge in [0.05, 0.1) is 6.20 Å². The fourth-order valence-electron chi connectivity index (χ4n) is 2.38. The van der Waals surface area contributed by atoms with E-state index in [4.69, 9.17) is 16.3 Å². The van der Waals surface area contributed by atoms with Crippen molar-refractivity contribution in [1.82, 2.24) is 9.97 Å². The van der Waals surface area contributed by atoms with Gasteiger partial charge in [-0.05, 0) is 42.0 Å². The molecule has 0 bridgehead atoms. The first-order valence-corrected chi connectivity index (χ1v) is 6.54. The van der Waals surface area contributed by atoms with Gasteiger partial charge in [0.15, 0.2) is 0 Å². The predicted octanol–water partition coefficient (Wildman–Crippen LogP) is 3.73.